The average molecular weight is 447 g/mol. The van der Waals surface area contributed by atoms with Gasteiger partial charge in [-0.1, -0.05) is 54.6 Å². The number of aliphatic carboxylic acids is 1. The monoisotopic (exact) mass is 446 g/mol. The van der Waals surface area contributed by atoms with Crippen LogP contribution in [0.15, 0.2) is 79.5 Å². The number of rotatable bonds is 5. The second-order valence-electron chi connectivity index (χ2n) is 8.90. The molecule has 0 amide bonds. The molecular formula is C27H30N2O4. The Morgan fingerprint density at radius 3 is 2.52 bits per heavy atom. The van der Waals surface area contributed by atoms with Crippen LogP contribution in [0.25, 0.3) is 10.9 Å². The van der Waals surface area contributed by atoms with Crippen molar-refractivity contribution in [2.45, 2.75) is 31.1 Å². The van der Waals surface area contributed by atoms with Crippen LogP contribution in [-0.4, -0.2) is 40.3 Å². The van der Waals surface area contributed by atoms with Crippen molar-refractivity contribution in [3.63, 3.8) is 0 Å². The zero-order valence-corrected chi connectivity index (χ0v) is 18.5. The van der Waals surface area contributed by atoms with E-state index in [2.05, 4.69) is 23.7 Å². The number of hydrogen-bond donors (Lipinski definition) is 3. The number of hydrogen-bond acceptors (Lipinski definition) is 5. The van der Waals surface area contributed by atoms with Crippen molar-refractivity contribution in [2.24, 2.45) is 11.8 Å². The first-order chi connectivity index (χ1) is 16.0. The molecule has 6 nitrogen and oxygen atoms in total. The maximum Gasteiger partial charge on any atom is 0.131 e. The standard InChI is InChI=1S/C19H22N2O.C8H8O3/c1-2-13-12-21-10-8-14(13)11-18(21)19(22)16-7-9-20-17-6-4-3-5-15(16)17;9-7(8(10)11)6-4-2-1-3-5-6/h2-7,9,13-14,18-19,22H,1,8,10-12H2;1-5,7,9H,(H,10,11)/t13-,14-,18-,19+;7-/m00/s1. The van der Waals surface area contributed by atoms with Crippen molar-refractivity contribution in [2.75, 3.05) is 13.1 Å². The number of carbonyl (C=O) groups excluding carboxylic acids is 1. The molecule has 2 aromatic carbocycles. The zero-order valence-electron chi connectivity index (χ0n) is 18.5. The van der Waals surface area contributed by atoms with E-state index in [-0.39, 0.29) is 0 Å². The Bertz CT molecular complexity index is 1100. The highest BCUT2D eigenvalue weighted by molar-refractivity contribution is 5.82. The third kappa shape index (κ3) is 4.98. The summed E-state index contributed by atoms with van der Waals surface area (Å²) in [6.07, 6.45) is 4.39. The molecule has 1 aromatic heterocycles. The van der Waals surface area contributed by atoms with Gasteiger partial charge in [-0.3, -0.25) is 4.98 Å². The van der Waals surface area contributed by atoms with Crippen molar-refractivity contribution in [3.05, 3.63) is 90.6 Å². The lowest BCUT2D eigenvalue weighted by Crippen LogP contribution is -3.20. The van der Waals surface area contributed by atoms with E-state index in [0.29, 0.717) is 23.4 Å². The highest BCUT2D eigenvalue weighted by Crippen LogP contribution is 2.33. The molecular weight excluding hydrogens is 416 g/mol. The summed E-state index contributed by atoms with van der Waals surface area (Å²) in [5.74, 6) is -0.152. The molecule has 3 aliphatic rings. The fourth-order valence-electron chi connectivity index (χ4n) is 5.27. The molecule has 3 aromatic rings. The van der Waals surface area contributed by atoms with E-state index in [1.54, 1.807) is 23.1 Å². The summed E-state index contributed by atoms with van der Waals surface area (Å²) in [5.41, 5.74) is 2.34. The first-order valence-corrected chi connectivity index (χ1v) is 11.4. The number of quaternary nitrogens is 1. The summed E-state index contributed by atoms with van der Waals surface area (Å²) in [6.45, 7) is 6.29. The van der Waals surface area contributed by atoms with Crippen LogP contribution >= 0.6 is 0 Å². The Morgan fingerprint density at radius 1 is 1.12 bits per heavy atom. The molecule has 33 heavy (non-hydrogen) atoms. The number of aromatic nitrogens is 1. The van der Waals surface area contributed by atoms with Gasteiger partial charge in [-0.2, -0.15) is 0 Å². The average Bonchev–Trinajstić information content (AvgIpc) is 2.88. The second-order valence-corrected chi connectivity index (χ2v) is 8.90. The van der Waals surface area contributed by atoms with Gasteiger partial charge in [-0.05, 0) is 29.2 Å². The van der Waals surface area contributed by atoms with E-state index >= 15 is 0 Å². The van der Waals surface area contributed by atoms with Crippen LogP contribution in [0.5, 0.6) is 0 Å². The quantitative estimate of drug-likeness (QED) is 0.512. The van der Waals surface area contributed by atoms with Gasteiger partial charge in [0.2, 0.25) is 0 Å². The van der Waals surface area contributed by atoms with Crippen molar-refractivity contribution < 1.29 is 25.0 Å². The van der Waals surface area contributed by atoms with E-state index < -0.39 is 18.2 Å². The summed E-state index contributed by atoms with van der Waals surface area (Å²) in [5, 5.41) is 31.2. The molecule has 0 spiro atoms. The minimum atomic E-state index is -1.52. The SMILES string of the molecule is C=C[C@H]1C[NH+]2CC[C@H]1C[C@H]2[C@H](O)c1ccnc2ccccc12.O=C([O-])[C@@H](O)c1ccccc1. The molecule has 2 bridgehead atoms. The Hall–Kier alpha value is -3.06. The molecule has 0 saturated carbocycles. The first kappa shape index (κ1) is 23.1. The van der Waals surface area contributed by atoms with Crippen LogP contribution in [0.2, 0.25) is 0 Å². The van der Waals surface area contributed by atoms with Gasteiger partial charge < -0.3 is 25.0 Å². The van der Waals surface area contributed by atoms with E-state index in [0.717, 1.165) is 29.4 Å². The van der Waals surface area contributed by atoms with Gasteiger partial charge in [0.15, 0.2) is 0 Å². The van der Waals surface area contributed by atoms with Crippen LogP contribution in [0.1, 0.15) is 36.2 Å². The van der Waals surface area contributed by atoms with Crippen LogP contribution in [0, 0.1) is 11.8 Å². The first-order valence-electron chi connectivity index (χ1n) is 11.4. The van der Waals surface area contributed by atoms with Crippen LogP contribution in [0.3, 0.4) is 0 Å². The number of carbonyl (C=O) groups is 1. The van der Waals surface area contributed by atoms with E-state index in [9.17, 15) is 15.0 Å². The van der Waals surface area contributed by atoms with Crippen molar-refractivity contribution in [1.29, 1.82) is 0 Å². The second kappa shape index (κ2) is 10.3. The molecule has 1 unspecified atom stereocenters. The Kier molecular flexibility index (Phi) is 7.18. The molecule has 3 saturated heterocycles. The maximum atomic E-state index is 11.0. The van der Waals surface area contributed by atoms with Gasteiger partial charge in [0, 0.05) is 30.3 Å². The number of benzene rings is 2. The maximum absolute atomic E-state index is 11.0. The lowest BCUT2D eigenvalue weighted by atomic mass is 9.73. The third-order valence-electron chi connectivity index (χ3n) is 7.04. The van der Waals surface area contributed by atoms with Gasteiger partial charge in [-0.25, -0.2) is 0 Å². The van der Waals surface area contributed by atoms with Crippen LogP contribution in [0.4, 0.5) is 0 Å². The molecule has 3 N–H and O–H groups in total. The number of piperidine rings is 3. The lowest BCUT2D eigenvalue weighted by Gasteiger charge is -2.47. The number of para-hydroxylation sites is 1. The summed E-state index contributed by atoms with van der Waals surface area (Å²) < 4.78 is 0. The van der Waals surface area contributed by atoms with Gasteiger partial charge >= 0.3 is 0 Å². The van der Waals surface area contributed by atoms with Gasteiger partial charge in [-0.15, -0.1) is 6.58 Å². The number of nitrogens with zero attached hydrogens (tertiary/aromatic N) is 1. The lowest BCUT2D eigenvalue weighted by molar-refractivity contribution is -0.949. The normalized spacial score (nSPS) is 25.5. The molecule has 6 atom stereocenters. The summed E-state index contributed by atoms with van der Waals surface area (Å²) in [7, 11) is 0. The minimum Gasteiger partial charge on any atom is -0.547 e. The summed E-state index contributed by atoms with van der Waals surface area (Å²) in [4.78, 5) is 16.1. The number of fused-ring (bicyclic) bond motifs is 4. The van der Waals surface area contributed by atoms with Crippen molar-refractivity contribution in [3.8, 4) is 0 Å². The van der Waals surface area contributed by atoms with Crippen molar-refractivity contribution in [1.82, 2.24) is 4.98 Å². The number of aliphatic hydroxyl groups excluding tert-OH is 2. The van der Waals surface area contributed by atoms with E-state index in [4.69, 9.17) is 5.11 Å². The fourth-order valence-corrected chi connectivity index (χ4v) is 5.27. The fraction of sp³-hybridized carbons (Fsp3) is 0.333. The summed E-state index contributed by atoms with van der Waals surface area (Å²) in [6, 6.07) is 18.5. The van der Waals surface area contributed by atoms with E-state index in [1.165, 1.54) is 25.1 Å². The number of aliphatic hydroxyl groups is 2. The number of carboxylic acids is 1. The van der Waals surface area contributed by atoms with Crippen molar-refractivity contribution >= 4 is 16.9 Å². The molecule has 4 heterocycles. The largest absolute Gasteiger partial charge is 0.547 e. The highest BCUT2D eigenvalue weighted by Gasteiger charge is 2.45. The molecule has 3 fully saturated rings. The number of nitrogens with one attached hydrogen (secondary N) is 1. The molecule has 6 rings (SSSR count). The third-order valence-corrected chi connectivity index (χ3v) is 7.04. The Labute approximate surface area is 193 Å². The zero-order chi connectivity index (χ0) is 23.4. The number of carboxylic acid groups (broad SMARTS) is 1. The smallest absolute Gasteiger partial charge is 0.131 e. The van der Waals surface area contributed by atoms with Crippen LogP contribution < -0.4 is 10.0 Å². The van der Waals surface area contributed by atoms with Gasteiger partial charge in [0.05, 0.1) is 24.6 Å². The molecule has 6 heteroatoms. The topological polar surface area (TPSA) is 97.9 Å². The molecule has 0 radical (unpaired) electrons. The number of pyridine rings is 1. The Balaban J connectivity index is 0.000000200. The molecule has 0 aliphatic carbocycles. The summed E-state index contributed by atoms with van der Waals surface area (Å²) >= 11 is 0. The Morgan fingerprint density at radius 2 is 1.85 bits per heavy atom. The highest BCUT2D eigenvalue weighted by atomic mass is 16.4. The minimum absolute atomic E-state index is 0.306. The van der Waals surface area contributed by atoms with Gasteiger partial charge in [0.1, 0.15) is 18.2 Å². The van der Waals surface area contributed by atoms with Gasteiger partial charge in [0.25, 0.3) is 0 Å². The molecule has 172 valence electrons. The predicted octanol–water partition coefficient (Wildman–Crippen LogP) is 1.22. The van der Waals surface area contributed by atoms with E-state index in [1.807, 2.05) is 30.5 Å². The molecule has 3 aliphatic heterocycles. The predicted molar refractivity (Wildman–Crippen MR) is 124 cm³/mol. The van der Waals surface area contributed by atoms with Crippen LogP contribution in [-0.2, 0) is 4.79 Å².